The van der Waals surface area contributed by atoms with Crippen molar-refractivity contribution >= 4 is 6.41 Å². The molecule has 0 saturated carbocycles. The van der Waals surface area contributed by atoms with Crippen LogP contribution in [0.4, 0.5) is 0 Å². The van der Waals surface area contributed by atoms with E-state index in [1.54, 1.807) is 14.1 Å². The van der Waals surface area contributed by atoms with Crippen LogP contribution in [0.25, 0.3) is 0 Å². The van der Waals surface area contributed by atoms with Crippen molar-refractivity contribution in [3.63, 3.8) is 0 Å². The smallest absolute Gasteiger partial charge is 0.209 e. The van der Waals surface area contributed by atoms with Crippen molar-refractivity contribution in [3.8, 4) is 0 Å². The van der Waals surface area contributed by atoms with Crippen LogP contribution in [0.1, 0.15) is 6.92 Å². The lowest BCUT2D eigenvalue weighted by Crippen LogP contribution is -2.36. The molecule has 1 aliphatic heterocycles. The number of hydrogen-bond acceptors (Lipinski definition) is 3. The lowest BCUT2D eigenvalue weighted by atomic mass is 10.3. The molecule has 1 atom stereocenters. The van der Waals surface area contributed by atoms with Crippen molar-refractivity contribution in [2.24, 2.45) is 0 Å². The Morgan fingerprint density at radius 2 is 2.17 bits per heavy atom. The van der Waals surface area contributed by atoms with Gasteiger partial charge in [-0.2, -0.15) is 0 Å². The number of carbonyl (C=O) groups excluding carboxylic acids is 1. The van der Waals surface area contributed by atoms with Crippen molar-refractivity contribution in [2.75, 3.05) is 33.8 Å². The van der Waals surface area contributed by atoms with E-state index < -0.39 is 0 Å². The molecule has 12 heavy (non-hydrogen) atoms. The molecule has 1 heterocycles. The third-order valence-electron chi connectivity index (χ3n) is 1.32. The van der Waals surface area contributed by atoms with Gasteiger partial charge in [0.25, 0.3) is 0 Å². The monoisotopic (exact) mass is 174 g/mol. The van der Waals surface area contributed by atoms with E-state index in [1.165, 1.54) is 4.90 Å². The van der Waals surface area contributed by atoms with Crippen LogP contribution in [0.15, 0.2) is 0 Å². The zero-order valence-electron chi connectivity index (χ0n) is 8.04. The maximum absolute atomic E-state index is 9.43. The van der Waals surface area contributed by atoms with Gasteiger partial charge in [-0.15, -0.1) is 0 Å². The minimum absolute atomic E-state index is 0.425. The summed E-state index contributed by atoms with van der Waals surface area (Å²) < 4.78 is 5.22. The van der Waals surface area contributed by atoms with E-state index in [0.29, 0.717) is 6.10 Å². The molecular formula is C8H18N2O2. The SMILES string of the molecule is CC1CNCCO1.CN(C)C=O. The van der Waals surface area contributed by atoms with Gasteiger partial charge in [0, 0.05) is 27.2 Å². The third-order valence-corrected chi connectivity index (χ3v) is 1.32. The number of nitrogens with one attached hydrogen (secondary N) is 1. The third kappa shape index (κ3) is 7.50. The van der Waals surface area contributed by atoms with Crippen molar-refractivity contribution in [1.82, 2.24) is 10.2 Å². The Balaban J connectivity index is 0.000000217. The number of hydrogen-bond donors (Lipinski definition) is 1. The lowest BCUT2D eigenvalue weighted by Gasteiger charge is -2.18. The average molecular weight is 174 g/mol. The Morgan fingerprint density at radius 1 is 1.58 bits per heavy atom. The zero-order valence-corrected chi connectivity index (χ0v) is 8.04. The molecule has 1 N–H and O–H groups in total. The number of amides is 1. The fraction of sp³-hybridized carbons (Fsp3) is 0.875. The molecule has 0 aliphatic carbocycles. The van der Waals surface area contributed by atoms with Gasteiger partial charge in [0.1, 0.15) is 0 Å². The first kappa shape index (κ1) is 11.4. The van der Waals surface area contributed by atoms with Crippen LogP contribution in [0, 0.1) is 0 Å². The molecule has 4 heteroatoms. The Hall–Kier alpha value is -0.610. The largest absolute Gasteiger partial charge is 0.376 e. The maximum Gasteiger partial charge on any atom is 0.209 e. The topological polar surface area (TPSA) is 41.6 Å². The summed E-state index contributed by atoms with van der Waals surface area (Å²) in [4.78, 5) is 10.9. The molecule has 0 aromatic heterocycles. The van der Waals surface area contributed by atoms with Gasteiger partial charge in [-0.25, -0.2) is 0 Å². The summed E-state index contributed by atoms with van der Waals surface area (Å²) in [7, 11) is 3.38. The molecule has 1 amide bonds. The molecule has 1 aliphatic rings. The average Bonchev–Trinajstić information content (AvgIpc) is 2.07. The normalized spacial score (nSPS) is 22.1. The number of morpholine rings is 1. The van der Waals surface area contributed by atoms with E-state index in [1.807, 2.05) is 0 Å². The van der Waals surface area contributed by atoms with Crippen molar-refractivity contribution in [3.05, 3.63) is 0 Å². The predicted molar refractivity (Wildman–Crippen MR) is 48.0 cm³/mol. The number of carbonyl (C=O) groups is 1. The Kier molecular flexibility index (Phi) is 6.70. The Morgan fingerprint density at radius 3 is 2.33 bits per heavy atom. The highest BCUT2D eigenvalue weighted by molar-refractivity contribution is 5.45. The van der Waals surface area contributed by atoms with Crippen molar-refractivity contribution in [1.29, 1.82) is 0 Å². The highest BCUT2D eigenvalue weighted by Crippen LogP contribution is 1.91. The van der Waals surface area contributed by atoms with Crippen LogP contribution in [-0.4, -0.2) is 51.2 Å². The standard InChI is InChI=1S/C5H11NO.C3H7NO/c1-5-4-6-2-3-7-5;1-4(2)3-5/h5-6H,2-4H2,1H3;3H,1-2H3. The van der Waals surface area contributed by atoms with Gasteiger partial charge in [-0.1, -0.05) is 0 Å². The van der Waals surface area contributed by atoms with Crippen LogP contribution in [0.3, 0.4) is 0 Å². The molecule has 0 spiro atoms. The van der Waals surface area contributed by atoms with Gasteiger partial charge in [0.2, 0.25) is 6.41 Å². The quantitative estimate of drug-likeness (QED) is 0.555. The second-order valence-electron chi connectivity index (χ2n) is 2.95. The summed E-state index contributed by atoms with van der Waals surface area (Å²) in [6, 6.07) is 0. The molecule has 0 bridgehead atoms. The van der Waals surface area contributed by atoms with Crippen LogP contribution < -0.4 is 5.32 Å². The van der Waals surface area contributed by atoms with Crippen LogP contribution >= 0.6 is 0 Å². The lowest BCUT2D eigenvalue weighted by molar-refractivity contribution is -0.115. The van der Waals surface area contributed by atoms with Crippen LogP contribution in [0.2, 0.25) is 0 Å². The summed E-state index contributed by atoms with van der Waals surface area (Å²) in [5.41, 5.74) is 0. The summed E-state index contributed by atoms with van der Waals surface area (Å²) >= 11 is 0. The number of rotatable bonds is 1. The fourth-order valence-electron chi connectivity index (χ4n) is 0.697. The zero-order chi connectivity index (χ0) is 9.40. The molecule has 1 fully saturated rings. The fourth-order valence-corrected chi connectivity index (χ4v) is 0.697. The van der Waals surface area contributed by atoms with Gasteiger partial charge < -0.3 is 15.0 Å². The Bertz CT molecular complexity index is 112. The highest BCUT2D eigenvalue weighted by Gasteiger charge is 2.04. The maximum atomic E-state index is 9.43. The van der Waals surface area contributed by atoms with E-state index in [-0.39, 0.29) is 0 Å². The summed E-state index contributed by atoms with van der Waals surface area (Å²) in [6.45, 7) is 4.98. The Labute approximate surface area is 73.9 Å². The van der Waals surface area contributed by atoms with Gasteiger partial charge in [-0.05, 0) is 6.92 Å². The summed E-state index contributed by atoms with van der Waals surface area (Å²) in [5, 5.41) is 3.21. The van der Waals surface area contributed by atoms with Gasteiger partial charge in [0.05, 0.1) is 12.7 Å². The number of nitrogens with zero attached hydrogens (tertiary/aromatic N) is 1. The molecule has 1 rings (SSSR count). The minimum atomic E-state index is 0.425. The second-order valence-corrected chi connectivity index (χ2v) is 2.95. The number of ether oxygens (including phenoxy) is 1. The first-order chi connectivity index (χ1) is 5.66. The molecular weight excluding hydrogens is 156 g/mol. The summed E-state index contributed by atoms with van der Waals surface area (Å²) in [5.74, 6) is 0. The van der Waals surface area contributed by atoms with E-state index in [4.69, 9.17) is 4.74 Å². The van der Waals surface area contributed by atoms with Crippen LogP contribution in [0.5, 0.6) is 0 Å². The second kappa shape index (κ2) is 7.06. The molecule has 0 radical (unpaired) electrons. The molecule has 4 nitrogen and oxygen atoms in total. The highest BCUT2D eigenvalue weighted by atomic mass is 16.5. The minimum Gasteiger partial charge on any atom is -0.376 e. The first-order valence-electron chi connectivity index (χ1n) is 4.11. The first-order valence-corrected chi connectivity index (χ1v) is 4.11. The van der Waals surface area contributed by atoms with Crippen LogP contribution in [-0.2, 0) is 9.53 Å². The molecule has 0 aromatic rings. The molecule has 0 aromatic carbocycles. The predicted octanol–water partition coefficient (Wildman–Crippen LogP) is -0.301. The van der Waals surface area contributed by atoms with E-state index in [0.717, 1.165) is 26.1 Å². The van der Waals surface area contributed by atoms with Gasteiger partial charge >= 0.3 is 0 Å². The van der Waals surface area contributed by atoms with Crippen molar-refractivity contribution < 1.29 is 9.53 Å². The van der Waals surface area contributed by atoms with E-state index >= 15 is 0 Å². The molecule has 1 unspecified atom stereocenters. The molecule has 72 valence electrons. The molecule has 1 saturated heterocycles. The van der Waals surface area contributed by atoms with E-state index in [2.05, 4.69) is 12.2 Å². The van der Waals surface area contributed by atoms with Crippen molar-refractivity contribution in [2.45, 2.75) is 13.0 Å². The van der Waals surface area contributed by atoms with Gasteiger partial charge in [0.15, 0.2) is 0 Å². The van der Waals surface area contributed by atoms with Gasteiger partial charge in [-0.3, -0.25) is 4.79 Å². The summed E-state index contributed by atoms with van der Waals surface area (Å²) in [6.07, 6.45) is 1.17. The van der Waals surface area contributed by atoms with E-state index in [9.17, 15) is 4.79 Å².